The minimum atomic E-state index is -0.0589. The van der Waals surface area contributed by atoms with Gasteiger partial charge in [-0.15, -0.1) is 0 Å². The fourth-order valence-corrected chi connectivity index (χ4v) is 1.49. The van der Waals surface area contributed by atoms with Gasteiger partial charge in [-0.2, -0.15) is 5.10 Å². The summed E-state index contributed by atoms with van der Waals surface area (Å²) in [5.74, 6) is -0.0589. The minimum absolute atomic E-state index is 0.0589. The van der Waals surface area contributed by atoms with Crippen molar-refractivity contribution in [1.82, 2.24) is 9.61 Å². The number of anilines is 1. The first-order valence-electron chi connectivity index (χ1n) is 4.34. The molecule has 2 aromatic heterocycles. The Bertz CT molecular complexity index is 513. The highest BCUT2D eigenvalue weighted by molar-refractivity contribution is 6.01. The maximum absolute atomic E-state index is 11.2. The van der Waals surface area contributed by atoms with Gasteiger partial charge in [0, 0.05) is 6.20 Å². The lowest BCUT2D eigenvalue weighted by molar-refractivity contribution is 0.101. The van der Waals surface area contributed by atoms with Crippen LogP contribution in [0.4, 0.5) is 5.69 Å². The van der Waals surface area contributed by atoms with E-state index in [1.807, 2.05) is 19.2 Å². The average molecular weight is 189 g/mol. The van der Waals surface area contributed by atoms with Crippen LogP contribution in [0.15, 0.2) is 18.5 Å². The first-order chi connectivity index (χ1) is 6.59. The van der Waals surface area contributed by atoms with Crippen LogP contribution >= 0.6 is 0 Å². The molecule has 4 heteroatoms. The topological polar surface area (TPSA) is 60.4 Å². The Balaban J connectivity index is 2.80. The Kier molecular flexibility index (Phi) is 1.77. The number of fused-ring (bicyclic) bond motifs is 1. The summed E-state index contributed by atoms with van der Waals surface area (Å²) >= 11 is 0. The molecular formula is C10H11N3O. The van der Waals surface area contributed by atoms with Crippen molar-refractivity contribution in [1.29, 1.82) is 0 Å². The molecule has 0 aliphatic carbocycles. The van der Waals surface area contributed by atoms with Gasteiger partial charge in [-0.3, -0.25) is 4.79 Å². The van der Waals surface area contributed by atoms with Gasteiger partial charge in [-0.25, -0.2) is 4.52 Å². The first kappa shape index (κ1) is 8.74. The molecule has 0 bridgehead atoms. The number of carbonyl (C=O) groups is 1. The number of rotatable bonds is 1. The number of hydrogen-bond donors (Lipinski definition) is 1. The Labute approximate surface area is 81.3 Å². The summed E-state index contributed by atoms with van der Waals surface area (Å²) in [6.45, 7) is 3.45. The van der Waals surface area contributed by atoms with Crippen molar-refractivity contribution in [3.63, 3.8) is 0 Å². The zero-order valence-corrected chi connectivity index (χ0v) is 8.11. The minimum Gasteiger partial charge on any atom is -0.396 e. The normalized spacial score (nSPS) is 10.7. The highest BCUT2D eigenvalue weighted by Gasteiger charge is 2.09. The van der Waals surface area contributed by atoms with Crippen LogP contribution in [0, 0.1) is 6.92 Å². The van der Waals surface area contributed by atoms with Crippen molar-refractivity contribution in [2.45, 2.75) is 13.8 Å². The molecule has 0 aliphatic heterocycles. The van der Waals surface area contributed by atoms with E-state index in [0.29, 0.717) is 11.3 Å². The molecule has 0 spiro atoms. The maximum Gasteiger partial charge on any atom is 0.163 e. The van der Waals surface area contributed by atoms with E-state index in [-0.39, 0.29) is 5.78 Å². The predicted octanol–water partition coefficient (Wildman–Crippen LogP) is 1.43. The maximum atomic E-state index is 11.2. The largest absolute Gasteiger partial charge is 0.396 e. The van der Waals surface area contributed by atoms with Crippen molar-refractivity contribution in [3.05, 3.63) is 29.6 Å². The number of aryl methyl sites for hydroxylation is 1. The number of ketones is 1. The van der Waals surface area contributed by atoms with Crippen LogP contribution in [0.2, 0.25) is 0 Å². The second-order valence-corrected chi connectivity index (χ2v) is 3.38. The number of hydrogen-bond acceptors (Lipinski definition) is 3. The van der Waals surface area contributed by atoms with Crippen LogP contribution in [0.3, 0.4) is 0 Å². The average Bonchev–Trinajstić information content (AvgIpc) is 2.46. The lowest BCUT2D eigenvalue weighted by atomic mass is 10.1. The van der Waals surface area contributed by atoms with E-state index in [2.05, 4.69) is 5.10 Å². The van der Waals surface area contributed by atoms with E-state index < -0.39 is 0 Å². The van der Waals surface area contributed by atoms with E-state index >= 15 is 0 Å². The van der Waals surface area contributed by atoms with Gasteiger partial charge in [0.15, 0.2) is 5.78 Å². The molecule has 2 heterocycles. The molecule has 0 amide bonds. The lowest BCUT2D eigenvalue weighted by Gasteiger charge is -2.02. The molecule has 0 aromatic carbocycles. The standard InChI is InChI=1S/C10H11N3O/c1-6-3-9-10(11)8(7(2)14)4-12-13(9)5-6/h3-5H,11H2,1-2H3. The summed E-state index contributed by atoms with van der Waals surface area (Å²) in [4.78, 5) is 11.2. The molecular weight excluding hydrogens is 178 g/mol. The van der Waals surface area contributed by atoms with Crippen LogP contribution in [0.5, 0.6) is 0 Å². The molecule has 0 fully saturated rings. The number of Topliss-reactive ketones (excluding diaryl/α,β-unsaturated/α-hetero) is 1. The third-order valence-electron chi connectivity index (χ3n) is 2.19. The second kappa shape index (κ2) is 2.83. The molecule has 0 radical (unpaired) electrons. The summed E-state index contributed by atoms with van der Waals surface area (Å²) in [5.41, 5.74) is 8.70. The van der Waals surface area contributed by atoms with Crippen molar-refractivity contribution in [2.75, 3.05) is 5.73 Å². The molecule has 4 nitrogen and oxygen atoms in total. The third-order valence-corrected chi connectivity index (χ3v) is 2.19. The summed E-state index contributed by atoms with van der Waals surface area (Å²) in [5, 5.41) is 4.10. The molecule has 2 rings (SSSR count). The molecule has 2 aromatic rings. The van der Waals surface area contributed by atoms with Gasteiger partial charge >= 0.3 is 0 Å². The Morgan fingerprint density at radius 3 is 2.93 bits per heavy atom. The third kappa shape index (κ3) is 1.16. The smallest absolute Gasteiger partial charge is 0.163 e. The quantitative estimate of drug-likeness (QED) is 0.690. The lowest BCUT2D eigenvalue weighted by Crippen LogP contribution is -2.04. The number of carbonyl (C=O) groups excluding carboxylic acids is 1. The fraction of sp³-hybridized carbons (Fsp3) is 0.200. The van der Waals surface area contributed by atoms with E-state index in [0.717, 1.165) is 11.1 Å². The molecule has 0 saturated carbocycles. The van der Waals surface area contributed by atoms with E-state index in [1.165, 1.54) is 13.1 Å². The molecule has 0 atom stereocenters. The van der Waals surface area contributed by atoms with Crippen molar-refractivity contribution < 1.29 is 4.79 Å². The monoisotopic (exact) mass is 189 g/mol. The Hall–Kier alpha value is -1.84. The number of nitrogen functional groups attached to an aromatic ring is 1. The Morgan fingerprint density at radius 2 is 2.29 bits per heavy atom. The number of aromatic nitrogens is 2. The van der Waals surface area contributed by atoms with Gasteiger partial charge in [-0.05, 0) is 25.5 Å². The van der Waals surface area contributed by atoms with Gasteiger partial charge in [0.05, 0.1) is 23.0 Å². The zero-order chi connectivity index (χ0) is 10.3. The Morgan fingerprint density at radius 1 is 1.57 bits per heavy atom. The number of nitrogens with two attached hydrogens (primary N) is 1. The van der Waals surface area contributed by atoms with E-state index in [4.69, 9.17) is 5.73 Å². The van der Waals surface area contributed by atoms with Crippen LogP contribution in [-0.4, -0.2) is 15.4 Å². The fourth-order valence-electron chi connectivity index (χ4n) is 1.49. The van der Waals surface area contributed by atoms with Gasteiger partial charge < -0.3 is 5.73 Å². The predicted molar refractivity (Wildman–Crippen MR) is 54.3 cm³/mol. The van der Waals surface area contributed by atoms with Crippen LogP contribution in [-0.2, 0) is 0 Å². The van der Waals surface area contributed by atoms with Crippen LogP contribution < -0.4 is 5.73 Å². The van der Waals surface area contributed by atoms with Crippen molar-refractivity contribution in [2.24, 2.45) is 0 Å². The molecule has 0 aliphatic rings. The summed E-state index contributed by atoms with van der Waals surface area (Å²) in [6.07, 6.45) is 3.37. The SMILES string of the molecule is CC(=O)c1cnn2cc(C)cc2c1N. The first-order valence-corrected chi connectivity index (χ1v) is 4.34. The van der Waals surface area contributed by atoms with Gasteiger partial charge in [-0.1, -0.05) is 0 Å². The summed E-state index contributed by atoms with van der Waals surface area (Å²) in [6, 6.07) is 1.91. The molecule has 72 valence electrons. The molecule has 2 N–H and O–H groups in total. The molecule has 14 heavy (non-hydrogen) atoms. The second-order valence-electron chi connectivity index (χ2n) is 3.38. The highest BCUT2D eigenvalue weighted by atomic mass is 16.1. The summed E-state index contributed by atoms with van der Waals surface area (Å²) in [7, 11) is 0. The van der Waals surface area contributed by atoms with Crippen molar-refractivity contribution in [3.8, 4) is 0 Å². The zero-order valence-electron chi connectivity index (χ0n) is 8.11. The summed E-state index contributed by atoms with van der Waals surface area (Å²) < 4.78 is 1.68. The van der Waals surface area contributed by atoms with Gasteiger partial charge in [0.2, 0.25) is 0 Å². The van der Waals surface area contributed by atoms with E-state index in [1.54, 1.807) is 4.52 Å². The van der Waals surface area contributed by atoms with Gasteiger partial charge in [0.25, 0.3) is 0 Å². The number of nitrogens with zero attached hydrogens (tertiary/aromatic N) is 2. The molecule has 0 saturated heterocycles. The van der Waals surface area contributed by atoms with Crippen LogP contribution in [0.25, 0.3) is 5.52 Å². The molecule has 0 unspecified atom stereocenters. The van der Waals surface area contributed by atoms with Crippen LogP contribution in [0.1, 0.15) is 22.8 Å². The van der Waals surface area contributed by atoms with E-state index in [9.17, 15) is 4.79 Å². The van der Waals surface area contributed by atoms with Crippen molar-refractivity contribution >= 4 is 17.0 Å². The highest BCUT2D eigenvalue weighted by Crippen LogP contribution is 2.19. The van der Waals surface area contributed by atoms with Gasteiger partial charge in [0.1, 0.15) is 0 Å².